The van der Waals surface area contributed by atoms with Crippen LogP contribution in [0.5, 0.6) is 0 Å². The highest BCUT2D eigenvalue weighted by Crippen LogP contribution is 2.14. The van der Waals surface area contributed by atoms with Gasteiger partial charge in [0, 0.05) is 30.8 Å². The fourth-order valence-electron chi connectivity index (χ4n) is 1.79. The Hall–Kier alpha value is -1.47. The number of rotatable bonds is 8. The number of hydrogen-bond donors (Lipinski definition) is 2. The summed E-state index contributed by atoms with van der Waals surface area (Å²) < 4.78 is 0. The standard InChI is InChI=1S/C13H21N3O3S/c1-9(2)16(7-3-4-12(17)18)13(19)10-8-20-11(15-10)5-6-14/h8-9H,3-7,14H2,1-2H3,(H,17,18). The van der Waals surface area contributed by atoms with Crippen molar-refractivity contribution in [3.05, 3.63) is 16.1 Å². The van der Waals surface area contributed by atoms with E-state index in [-0.39, 0.29) is 18.4 Å². The summed E-state index contributed by atoms with van der Waals surface area (Å²) in [6.45, 7) is 4.75. The van der Waals surface area contributed by atoms with Crippen molar-refractivity contribution in [2.24, 2.45) is 5.73 Å². The Labute approximate surface area is 122 Å². The lowest BCUT2D eigenvalue weighted by Crippen LogP contribution is -2.38. The van der Waals surface area contributed by atoms with Crippen LogP contribution in [0.3, 0.4) is 0 Å². The number of amides is 1. The van der Waals surface area contributed by atoms with Crippen molar-refractivity contribution < 1.29 is 14.7 Å². The fourth-order valence-corrected chi connectivity index (χ4v) is 2.58. The Balaban J connectivity index is 2.69. The maximum Gasteiger partial charge on any atom is 0.303 e. The number of hydrogen-bond acceptors (Lipinski definition) is 5. The van der Waals surface area contributed by atoms with E-state index in [4.69, 9.17) is 10.8 Å². The number of aromatic nitrogens is 1. The molecule has 0 atom stereocenters. The summed E-state index contributed by atoms with van der Waals surface area (Å²) in [5, 5.41) is 11.2. The summed E-state index contributed by atoms with van der Waals surface area (Å²) in [5.41, 5.74) is 5.88. The SMILES string of the molecule is CC(C)N(CCCC(=O)O)C(=O)c1csc(CCN)n1. The summed E-state index contributed by atoms with van der Waals surface area (Å²) in [6, 6.07) is 0.0101. The predicted octanol–water partition coefficient (Wildman–Crippen LogP) is 1.36. The number of nitrogens with two attached hydrogens (primary N) is 1. The molecule has 6 nitrogen and oxygen atoms in total. The highest BCUT2D eigenvalue weighted by Gasteiger charge is 2.21. The van der Waals surface area contributed by atoms with E-state index < -0.39 is 5.97 Å². The van der Waals surface area contributed by atoms with Crippen molar-refractivity contribution in [2.45, 2.75) is 39.2 Å². The van der Waals surface area contributed by atoms with E-state index >= 15 is 0 Å². The second-order valence-corrected chi connectivity index (χ2v) is 5.70. The summed E-state index contributed by atoms with van der Waals surface area (Å²) >= 11 is 1.43. The third-order valence-electron chi connectivity index (χ3n) is 2.80. The monoisotopic (exact) mass is 299 g/mol. The van der Waals surface area contributed by atoms with Crippen molar-refractivity contribution in [2.75, 3.05) is 13.1 Å². The first-order valence-corrected chi connectivity index (χ1v) is 7.51. The lowest BCUT2D eigenvalue weighted by Gasteiger charge is -2.25. The molecule has 1 amide bonds. The zero-order valence-corrected chi connectivity index (χ0v) is 12.7. The van der Waals surface area contributed by atoms with E-state index in [0.717, 1.165) is 5.01 Å². The topological polar surface area (TPSA) is 96.5 Å². The minimum Gasteiger partial charge on any atom is -0.481 e. The van der Waals surface area contributed by atoms with Gasteiger partial charge in [0.2, 0.25) is 0 Å². The van der Waals surface area contributed by atoms with Crippen molar-refractivity contribution in [3.63, 3.8) is 0 Å². The molecule has 0 saturated heterocycles. The van der Waals surface area contributed by atoms with Crippen LogP contribution in [0.1, 0.15) is 42.2 Å². The summed E-state index contributed by atoms with van der Waals surface area (Å²) in [6.07, 6.45) is 1.17. The predicted molar refractivity (Wildman–Crippen MR) is 77.9 cm³/mol. The number of carboxylic acid groups (broad SMARTS) is 1. The molecule has 1 aromatic rings. The number of nitrogens with zero attached hydrogens (tertiary/aromatic N) is 2. The van der Waals surface area contributed by atoms with Gasteiger partial charge in [0.1, 0.15) is 5.69 Å². The molecular formula is C13H21N3O3S. The van der Waals surface area contributed by atoms with Crippen LogP contribution in [-0.2, 0) is 11.2 Å². The molecule has 0 aliphatic rings. The van der Waals surface area contributed by atoms with E-state index in [0.29, 0.717) is 31.6 Å². The Morgan fingerprint density at radius 1 is 1.50 bits per heavy atom. The largest absolute Gasteiger partial charge is 0.481 e. The molecule has 0 aliphatic heterocycles. The Morgan fingerprint density at radius 2 is 2.20 bits per heavy atom. The highest BCUT2D eigenvalue weighted by molar-refractivity contribution is 7.09. The first-order chi connectivity index (χ1) is 9.45. The summed E-state index contributed by atoms with van der Waals surface area (Å²) in [4.78, 5) is 28.8. The Bertz CT molecular complexity index is 459. The van der Waals surface area contributed by atoms with E-state index in [1.165, 1.54) is 11.3 Å². The lowest BCUT2D eigenvalue weighted by molar-refractivity contribution is -0.137. The van der Waals surface area contributed by atoms with Crippen LogP contribution in [0.25, 0.3) is 0 Å². The van der Waals surface area contributed by atoms with Crippen LogP contribution in [0.2, 0.25) is 0 Å². The van der Waals surface area contributed by atoms with Crippen molar-refractivity contribution in [3.8, 4) is 0 Å². The van der Waals surface area contributed by atoms with Gasteiger partial charge in [-0.25, -0.2) is 4.98 Å². The van der Waals surface area contributed by atoms with Crippen LogP contribution in [-0.4, -0.2) is 46.0 Å². The normalized spacial score (nSPS) is 10.8. The van der Waals surface area contributed by atoms with Gasteiger partial charge in [-0.15, -0.1) is 11.3 Å². The van der Waals surface area contributed by atoms with Crippen LogP contribution in [0.15, 0.2) is 5.38 Å². The number of carboxylic acids is 1. The molecule has 0 unspecified atom stereocenters. The molecule has 20 heavy (non-hydrogen) atoms. The van der Waals surface area contributed by atoms with Gasteiger partial charge in [0.15, 0.2) is 0 Å². The molecule has 1 aromatic heterocycles. The van der Waals surface area contributed by atoms with Gasteiger partial charge in [-0.3, -0.25) is 9.59 Å². The van der Waals surface area contributed by atoms with Crippen LogP contribution < -0.4 is 5.73 Å². The molecule has 0 saturated carbocycles. The summed E-state index contributed by atoms with van der Waals surface area (Å²) in [5.74, 6) is -0.995. The number of thiazole rings is 1. The molecule has 0 spiro atoms. The second-order valence-electron chi connectivity index (χ2n) is 4.75. The zero-order chi connectivity index (χ0) is 15.1. The van der Waals surface area contributed by atoms with Gasteiger partial charge in [0.05, 0.1) is 5.01 Å². The van der Waals surface area contributed by atoms with Crippen LogP contribution in [0, 0.1) is 0 Å². The molecule has 0 aliphatic carbocycles. The zero-order valence-electron chi connectivity index (χ0n) is 11.8. The first kappa shape index (κ1) is 16.6. The lowest BCUT2D eigenvalue weighted by atomic mass is 10.2. The average Bonchev–Trinajstić information content (AvgIpc) is 2.82. The van der Waals surface area contributed by atoms with E-state index in [2.05, 4.69) is 4.98 Å². The first-order valence-electron chi connectivity index (χ1n) is 6.63. The van der Waals surface area contributed by atoms with Crippen LogP contribution in [0.4, 0.5) is 0 Å². The number of carbonyl (C=O) groups excluding carboxylic acids is 1. The van der Waals surface area contributed by atoms with E-state index in [9.17, 15) is 9.59 Å². The van der Waals surface area contributed by atoms with Gasteiger partial charge in [-0.1, -0.05) is 0 Å². The molecule has 3 N–H and O–H groups in total. The molecular weight excluding hydrogens is 278 g/mol. The Kier molecular flexibility index (Phi) is 6.60. The number of aliphatic carboxylic acids is 1. The summed E-state index contributed by atoms with van der Waals surface area (Å²) in [7, 11) is 0. The van der Waals surface area contributed by atoms with Gasteiger partial charge in [0.25, 0.3) is 5.91 Å². The number of carbonyl (C=O) groups is 2. The average molecular weight is 299 g/mol. The van der Waals surface area contributed by atoms with Gasteiger partial charge in [-0.05, 0) is 26.8 Å². The minimum atomic E-state index is -0.847. The minimum absolute atomic E-state index is 0.0101. The van der Waals surface area contributed by atoms with Gasteiger partial charge >= 0.3 is 5.97 Å². The third kappa shape index (κ3) is 4.90. The smallest absolute Gasteiger partial charge is 0.303 e. The van der Waals surface area contributed by atoms with E-state index in [1.54, 1.807) is 10.3 Å². The molecule has 0 radical (unpaired) electrons. The highest BCUT2D eigenvalue weighted by atomic mass is 32.1. The maximum atomic E-state index is 12.4. The third-order valence-corrected chi connectivity index (χ3v) is 3.71. The van der Waals surface area contributed by atoms with Gasteiger partial charge in [-0.2, -0.15) is 0 Å². The molecule has 1 heterocycles. The van der Waals surface area contributed by atoms with Crippen molar-refractivity contribution in [1.82, 2.24) is 9.88 Å². The molecule has 0 fully saturated rings. The molecule has 0 bridgehead atoms. The maximum absolute atomic E-state index is 12.4. The molecule has 0 aromatic carbocycles. The van der Waals surface area contributed by atoms with Gasteiger partial charge < -0.3 is 15.7 Å². The van der Waals surface area contributed by atoms with Crippen molar-refractivity contribution in [1.29, 1.82) is 0 Å². The fraction of sp³-hybridized carbons (Fsp3) is 0.615. The Morgan fingerprint density at radius 3 is 2.75 bits per heavy atom. The molecule has 1 rings (SSSR count). The second kappa shape index (κ2) is 7.96. The van der Waals surface area contributed by atoms with E-state index in [1.807, 2.05) is 13.8 Å². The van der Waals surface area contributed by atoms with Crippen molar-refractivity contribution >= 4 is 23.2 Å². The van der Waals surface area contributed by atoms with Crippen LogP contribution >= 0.6 is 11.3 Å². The molecule has 112 valence electrons. The quantitative estimate of drug-likeness (QED) is 0.755. The molecule has 7 heteroatoms.